The third-order valence-corrected chi connectivity index (χ3v) is 3.48. The van der Waals surface area contributed by atoms with Crippen molar-refractivity contribution in [1.29, 1.82) is 0 Å². The highest BCUT2D eigenvalue weighted by Gasteiger charge is 2.32. The van der Waals surface area contributed by atoms with Crippen LogP contribution < -0.4 is 4.90 Å². The predicted octanol–water partition coefficient (Wildman–Crippen LogP) is 2.66. The molecular weight excluding hydrogens is 198 g/mol. The Morgan fingerprint density at radius 2 is 2.12 bits per heavy atom. The molecular formula is C13H21N3. The number of hydrogen-bond donors (Lipinski definition) is 0. The summed E-state index contributed by atoms with van der Waals surface area (Å²) >= 11 is 0. The van der Waals surface area contributed by atoms with Gasteiger partial charge in [-0.3, -0.25) is 0 Å². The number of hydrogen-bond acceptors (Lipinski definition) is 3. The van der Waals surface area contributed by atoms with E-state index in [9.17, 15) is 0 Å². The molecule has 1 saturated heterocycles. The fraction of sp³-hybridized carbons (Fsp3) is 0.692. The molecule has 16 heavy (non-hydrogen) atoms. The molecule has 0 aliphatic carbocycles. The average molecular weight is 219 g/mol. The van der Waals surface area contributed by atoms with Gasteiger partial charge in [0.25, 0.3) is 0 Å². The summed E-state index contributed by atoms with van der Waals surface area (Å²) in [4.78, 5) is 11.1. The third kappa shape index (κ3) is 2.34. The molecule has 1 unspecified atom stereocenters. The molecule has 0 saturated carbocycles. The Morgan fingerprint density at radius 1 is 1.38 bits per heavy atom. The first-order valence-electron chi connectivity index (χ1n) is 6.01. The van der Waals surface area contributed by atoms with E-state index in [2.05, 4.69) is 35.6 Å². The Morgan fingerprint density at radius 3 is 2.69 bits per heavy atom. The SMILES string of the molecule is Cc1ccnc(N2CCC(C(C)(C)C)C2)n1. The van der Waals surface area contributed by atoms with Crippen LogP contribution in [0.25, 0.3) is 0 Å². The molecule has 1 aliphatic heterocycles. The Bertz CT molecular complexity index is 368. The maximum absolute atomic E-state index is 4.49. The van der Waals surface area contributed by atoms with Gasteiger partial charge in [0.2, 0.25) is 5.95 Å². The van der Waals surface area contributed by atoms with Crippen LogP contribution in [0.1, 0.15) is 32.9 Å². The molecule has 1 atom stereocenters. The second kappa shape index (κ2) is 4.04. The lowest BCUT2D eigenvalue weighted by molar-refractivity contribution is 0.263. The van der Waals surface area contributed by atoms with Crippen LogP contribution >= 0.6 is 0 Å². The quantitative estimate of drug-likeness (QED) is 0.727. The lowest BCUT2D eigenvalue weighted by Crippen LogP contribution is -2.27. The summed E-state index contributed by atoms with van der Waals surface area (Å²) in [5.41, 5.74) is 1.43. The summed E-state index contributed by atoms with van der Waals surface area (Å²) in [6.07, 6.45) is 3.10. The second-order valence-corrected chi connectivity index (χ2v) is 5.80. The molecule has 1 aromatic heterocycles. The summed E-state index contributed by atoms with van der Waals surface area (Å²) in [5, 5.41) is 0. The molecule has 0 aromatic carbocycles. The fourth-order valence-electron chi connectivity index (χ4n) is 2.24. The number of rotatable bonds is 1. The molecule has 0 N–H and O–H groups in total. The van der Waals surface area contributed by atoms with E-state index in [1.54, 1.807) is 0 Å². The lowest BCUT2D eigenvalue weighted by atomic mass is 9.80. The molecule has 2 heterocycles. The molecule has 3 heteroatoms. The largest absolute Gasteiger partial charge is 0.341 e. The Labute approximate surface area is 97.9 Å². The van der Waals surface area contributed by atoms with E-state index in [0.717, 1.165) is 30.6 Å². The van der Waals surface area contributed by atoms with Crippen molar-refractivity contribution in [1.82, 2.24) is 9.97 Å². The lowest BCUT2D eigenvalue weighted by Gasteiger charge is -2.26. The van der Waals surface area contributed by atoms with Gasteiger partial charge in [0, 0.05) is 25.0 Å². The smallest absolute Gasteiger partial charge is 0.225 e. The first kappa shape index (κ1) is 11.4. The van der Waals surface area contributed by atoms with Gasteiger partial charge in [0.05, 0.1) is 0 Å². The molecule has 3 nitrogen and oxygen atoms in total. The van der Waals surface area contributed by atoms with Crippen molar-refractivity contribution in [3.8, 4) is 0 Å². The summed E-state index contributed by atoms with van der Waals surface area (Å²) in [6, 6.07) is 1.95. The summed E-state index contributed by atoms with van der Waals surface area (Å²) in [5.74, 6) is 1.64. The van der Waals surface area contributed by atoms with Crippen LogP contribution in [0, 0.1) is 18.3 Å². The van der Waals surface area contributed by atoms with Crippen LogP contribution in [-0.4, -0.2) is 23.1 Å². The first-order valence-corrected chi connectivity index (χ1v) is 6.01. The minimum absolute atomic E-state index is 0.387. The van der Waals surface area contributed by atoms with E-state index in [-0.39, 0.29) is 0 Å². The maximum atomic E-state index is 4.49. The van der Waals surface area contributed by atoms with Crippen LogP contribution in [-0.2, 0) is 0 Å². The van der Waals surface area contributed by atoms with Gasteiger partial charge in [-0.05, 0) is 30.7 Å². The topological polar surface area (TPSA) is 29.0 Å². The number of aromatic nitrogens is 2. The minimum atomic E-state index is 0.387. The van der Waals surface area contributed by atoms with Gasteiger partial charge in [-0.25, -0.2) is 9.97 Å². The Kier molecular flexibility index (Phi) is 2.87. The molecule has 1 aliphatic rings. The standard InChI is InChI=1S/C13H21N3/c1-10-5-7-14-12(15-10)16-8-6-11(9-16)13(2,3)4/h5,7,11H,6,8-9H2,1-4H3. The van der Waals surface area contributed by atoms with Gasteiger partial charge in [-0.15, -0.1) is 0 Å². The highest BCUT2D eigenvalue weighted by Crippen LogP contribution is 2.34. The van der Waals surface area contributed by atoms with E-state index < -0.39 is 0 Å². The van der Waals surface area contributed by atoms with Crippen LogP contribution in [0.5, 0.6) is 0 Å². The van der Waals surface area contributed by atoms with Crippen molar-refractivity contribution in [3.05, 3.63) is 18.0 Å². The van der Waals surface area contributed by atoms with E-state index >= 15 is 0 Å². The maximum Gasteiger partial charge on any atom is 0.225 e. The first-order chi connectivity index (χ1) is 7.47. The summed E-state index contributed by atoms with van der Waals surface area (Å²) < 4.78 is 0. The molecule has 1 aromatic rings. The van der Waals surface area contributed by atoms with Gasteiger partial charge in [-0.1, -0.05) is 20.8 Å². The predicted molar refractivity (Wildman–Crippen MR) is 66.5 cm³/mol. The van der Waals surface area contributed by atoms with Gasteiger partial charge in [0.1, 0.15) is 0 Å². The summed E-state index contributed by atoms with van der Waals surface area (Å²) in [7, 11) is 0. The molecule has 0 spiro atoms. The Balaban J connectivity index is 2.09. The average Bonchev–Trinajstić information content (AvgIpc) is 2.65. The molecule has 0 amide bonds. The summed E-state index contributed by atoms with van der Waals surface area (Å²) in [6.45, 7) is 11.1. The van der Waals surface area contributed by atoms with Gasteiger partial charge in [-0.2, -0.15) is 0 Å². The zero-order chi connectivity index (χ0) is 11.8. The molecule has 1 fully saturated rings. The number of nitrogens with zero attached hydrogens (tertiary/aromatic N) is 3. The van der Waals surface area contributed by atoms with Crippen molar-refractivity contribution in [2.24, 2.45) is 11.3 Å². The van der Waals surface area contributed by atoms with Crippen molar-refractivity contribution in [3.63, 3.8) is 0 Å². The second-order valence-electron chi connectivity index (χ2n) is 5.80. The normalized spacial score (nSPS) is 21.5. The third-order valence-electron chi connectivity index (χ3n) is 3.48. The zero-order valence-corrected chi connectivity index (χ0v) is 10.7. The van der Waals surface area contributed by atoms with Gasteiger partial charge in [0.15, 0.2) is 0 Å². The van der Waals surface area contributed by atoms with Crippen molar-refractivity contribution in [2.45, 2.75) is 34.1 Å². The molecule has 2 rings (SSSR count). The van der Waals surface area contributed by atoms with Gasteiger partial charge >= 0.3 is 0 Å². The van der Waals surface area contributed by atoms with Crippen molar-refractivity contribution in [2.75, 3.05) is 18.0 Å². The Hall–Kier alpha value is -1.12. The van der Waals surface area contributed by atoms with E-state index in [1.165, 1.54) is 6.42 Å². The highest BCUT2D eigenvalue weighted by molar-refractivity contribution is 5.32. The molecule has 0 radical (unpaired) electrons. The van der Waals surface area contributed by atoms with Crippen molar-refractivity contribution < 1.29 is 0 Å². The minimum Gasteiger partial charge on any atom is -0.341 e. The zero-order valence-electron chi connectivity index (χ0n) is 10.7. The van der Waals surface area contributed by atoms with Crippen LogP contribution in [0.15, 0.2) is 12.3 Å². The number of anilines is 1. The molecule has 0 bridgehead atoms. The van der Waals surface area contributed by atoms with E-state index in [1.807, 2.05) is 19.2 Å². The van der Waals surface area contributed by atoms with Crippen LogP contribution in [0.2, 0.25) is 0 Å². The van der Waals surface area contributed by atoms with Crippen molar-refractivity contribution >= 4 is 5.95 Å². The highest BCUT2D eigenvalue weighted by atomic mass is 15.3. The monoisotopic (exact) mass is 219 g/mol. The fourth-order valence-corrected chi connectivity index (χ4v) is 2.24. The molecule has 88 valence electrons. The van der Waals surface area contributed by atoms with E-state index in [0.29, 0.717) is 5.41 Å². The van der Waals surface area contributed by atoms with E-state index in [4.69, 9.17) is 0 Å². The van der Waals surface area contributed by atoms with Crippen LogP contribution in [0.3, 0.4) is 0 Å². The van der Waals surface area contributed by atoms with Gasteiger partial charge < -0.3 is 4.90 Å². The number of aryl methyl sites for hydroxylation is 1. The van der Waals surface area contributed by atoms with Crippen LogP contribution in [0.4, 0.5) is 5.95 Å².